The van der Waals surface area contributed by atoms with E-state index in [0.717, 1.165) is 12.1 Å². The summed E-state index contributed by atoms with van der Waals surface area (Å²) in [7, 11) is 4.42. The summed E-state index contributed by atoms with van der Waals surface area (Å²) in [5.41, 5.74) is 7.46. The predicted molar refractivity (Wildman–Crippen MR) is 89.2 cm³/mol. The Hall–Kier alpha value is -1.13. The SMILES string of the molecule is CCNC(c1cccnc1N)C1(N(C)C)CCCCCC1. The lowest BCUT2D eigenvalue weighted by atomic mass is 9.78. The lowest BCUT2D eigenvalue weighted by Crippen LogP contribution is -2.53. The summed E-state index contributed by atoms with van der Waals surface area (Å²) < 4.78 is 0. The maximum Gasteiger partial charge on any atom is 0.128 e. The molecule has 1 aromatic rings. The first-order valence-corrected chi connectivity index (χ1v) is 8.23. The molecule has 0 bridgehead atoms. The molecule has 0 aliphatic heterocycles. The first-order valence-electron chi connectivity index (χ1n) is 8.23. The van der Waals surface area contributed by atoms with Crippen LogP contribution in [0.5, 0.6) is 0 Å². The predicted octanol–water partition coefficient (Wildman–Crippen LogP) is 2.97. The van der Waals surface area contributed by atoms with Gasteiger partial charge >= 0.3 is 0 Å². The number of nitrogens with two attached hydrogens (primary N) is 1. The lowest BCUT2D eigenvalue weighted by molar-refractivity contribution is 0.0809. The van der Waals surface area contributed by atoms with Gasteiger partial charge in [0.05, 0.1) is 6.04 Å². The number of aromatic nitrogens is 1. The van der Waals surface area contributed by atoms with Crippen molar-refractivity contribution < 1.29 is 0 Å². The monoisotopic (exact) mass is 290 g/mol. The van der Waals surface area contributed by atoms with E-state index in [4.69, 9.17) is 5.73 Å². The number of nitrogen functional groups attached to an aromatic ring is 1. The summed E-state index contributed by atoms with van der Waals surface area (Å²) in [5, 5.41) is 3.70. The van der Waals surface area contributed by atoms with Crippen molar-refractivity contribution in [3.05, 3.63) is 23.9 Å². The Labute approximate surface area is 129 Å². The molecule has 21 heavy (non-hydrogen) atoms. The fraction of sp³-hybridized carbons (Fsp3) is 0.706. The van der Waals surface area contributed by atoms with Crippen LogP contribution in [0, 0.1) is 0 Å². The number of hydrogen-bond donors (Lipinski definition) is 2. The van der Waals surface area contributed by atoms with E-state index < -0.39 is 0 Å². The third-order valence-electron chi connectivity index (χ3n) is 4.99. The highest BCUT2D eigenvalue weighted by atomic mass is 15.2. The van der Waals surface area contributed by atoms with Gasteiger partial charge in [0.1, 0.15) is 5.82 Å². The molecule has 4 nitrogen and oxygen atoms in total. The molecule has 1 unspecified atom stereocenters. The van der Waals surface area contributed by atoms with Crippen molar-refractivity contribution in [1.82, 2.24) is 15.2 Å². The highest BCUT2D eigenvalue weighted by Crippen LogP contribution is 2.42. The molecule has 2 rings (SSSR count). The van der Waals surface area contributed by atoms with Gasteiger partial charge in [0.15, 0.2) is 0 Å². The first-order chi connectivity index (χ1) is 10.1. The maximum atomic E-state index is 6.19. The summed E-state index contributed by atoms with van der Waals surface area (Å²) in [5.74, 6) is 0.661. The van der Waals surface area contributed by atoms with Crippen LogP contribution in [0.2, 0.25) is 0 Å². The Morgan fingerprint density at radius 2 is 1.95 bits per heavy atom. The molecule has 1 aromatic heterocycles. The van der Waals surface area contributed by atoms with Crippen LogP contribution in [-0.2, 0) is 0 Å². The van der Waals surface area contributed by atoms with E-state index in [-0.39, 0.29) is 11.6 Å². The van der Waals surface area contributed by atoms with E-state index >= 15 is 0 Å². The lowest BCUT2D eigenvalue weighted by Gasteiger charge is -2.46. The molecule has 118 valence electrons. The Balaban J connectivity index is 2.43. The summed E-state index contributed by atoms with van der Waals surface area (Å²) in [6.07, 6.45) is 9.48. The summed E-state index contributed by atoms with van der Waals surface area (Å²) in [6.45, 7) is 3.11. The van der Waals surface area contributed by atoms with Gasteiger partial charge in [0.2, 0.25) is 0 Å². The van der Waals surface area contributed by atoms with Crippen molar-refractivity contribution in [2.45, 2.75) is 57.0 Å². The molecule has 1 atom stereocenters. The van der Waals surface area contributed by atoms with Gasteiger partial charge < -0.3 is 16.0 Å². The van der Waals surface area contributed by atoms with Gasteiger partial charge in [-0.05, 0) is 39.5 Å². The number of hydrogen-bond acceptors (Lipinski definition) is 4. The fourth-order valence-electron chi connectivity index (χ4n) is 3.80. The van der Waals surface area contributed by atoms with Crippen molar-refractivity contribution in [2.24, 2.45) is 0 Å². The van der Waals surface area contributed by atoms with Crippen LogP contribution in [0.3, 0.4) is 0 Å². The van der Waals surface area contributed by atoms with Crippen molar-refractivity contribution in [3.8, 4) is 0 Å². The molecule has 1 aliphatic rings. The van der Waals surface area contributed by atoms with Gasteiger partial charge in [-0.1, -0.05) is 38.7 Å². The molecule has 4 heteroatoms. The number of nitrogens with zero attached hydrogens (tertiary/aromatic N) is 2. The molecule has 3 N–H and O–H groups in total. The largest absolute Gasteiger partial charge is 0.383 e. The normalized spacial score (nSPS) is 20.2. The second-order valence-corrected chi connectivity index (χ2v) is 6.38. The molecule has 1 fully saturated rings. The smallest absolute Gasteiger partial charge is 0.128 e. The number of pyridine rings is 1. The number of likely N-dealkylation sites (N-methyl/N-ethyl adjacent to an activating group) is 2. The van der Waals surface area contributed by atoms with E-state index in [1.165, 1.54) is 38.5 Å². The minimum atomic E-state index is 0.129. The standard InChI is InChI=1S/C17H30N4/c1-4-19-15(14-10-9-13-20-16(14)18)17(21(2)3)11-7-5-6-8-12-17/h9-10,13,15,19H,4-8,11-12H2,1-3H3,(H2,18,20). The molecule has 1 heterocycles. The second-order valence-electron chi connectivity index (χ2n) is 6.38. The highest BCUT2D eigenvalue weighted by Gasteiger charge is 2.42. The van der Waals surface area contributed by atoms with Gasteiger partial charge in [0.25, 0.3) is 0 Å². The van der Waals surface area contributed by atoms with E-state index in [1.807, 2.05) is 6.07 Å². The second kappa shape index (κ2) is 7.23. The number of anilines is 1. The molecule has 0 saturated heterocycles. The van der Waals surface area contributed by atoms with Gasteiger partial charge in [0, 0.05) is 17.3 Å². The molecule has 0 amide bonds. The molecule has 0 spiro atoms. The zero-order chi connectivity index (χ0) is 15.3. The van der Waals surface area contributed by atoms with E-state index in [1.54, 1.807) is 6.20 Å². The number of nitrogens with one attached hydrogen (secondary N) is 1. The van der Waals surface area contributed by atoms with Crippen LogP contribution in [0.25, 0.3) is 0 Å². The third-order valence-corrected chi connectivity index (χ3v) is 4.99. The van der Waals surface area contributed by atoms with Gasteiger partial charge in [-0.25, -0.2) is 4.98 Å². The zero-order valence-electron chi connectivity index (χ0n) is 13.7. The Morgan fingerprint density at radius 1 is 1.29 bits per heavy atom. The van der Waals surface area contributed by atoms with Crippen LogP contribution in [-0.4, -0.2) is 36.1 Å². The first kappa shape index (κ1) is 16.2. The molecule has 1 aliphatic carbocycles. The average Bonchev–Trinajstić information content (AvgIpc) is 2.72. The molecule has 0 aromatic carbocycles. The van der Waals surface area contributed by atoms with E-state index in [2.05, 4.69) is 42.3 Å². The minimum absolute atomic E-state index is 0.129. The van der Waals surface area contributed by atoms with Crippen LogP contribution in [0.1, 0.15) is 57.1 Å². The fourth-order valence-corrected chi connectivity index (χ4v) is 3.80. The summed E-state index contributed by atoms with van der Waals surface area (Å²) in [6, 6.07) is 4.37. The van der Waals surface area contributed by atoms with Crippen LogP contribution >= 0.6 is 0 Å². The van der Waals surface area contributed by atoms with E-state index in [0.29, 0.717) is 5.82 Å². The van der Waals surface area contributed by atoms with Crippen LogP contribution < -0.4 is 11.1 Å². The van der Waals surface area contributed by atoms with Crippen LogP contribution in [0.15, 0.2) is 18.3 Å². The average molecular weight is 290 g/mol. The highest BCUT2D eigenvalue weighted by molar-refractivity contribution is 5.42. The molecular formula is C17H30N4. The van der Waals surface area contributed by atoms with Crippen molar-refractivity contribution in [2.75, 3.05) is 26.4 Å². The van der Waals surface area contributed by atoms with Gasteiger partial charge in [-0.2, -0.15) is 0 Å². The maximum absolute atomic E-state index is 6.19. The number of rotatable bonds is 5. The quantitative estimate of drug-likeness (QED) is 0.819. The Kier molecular flexibility index (Phi) is 5.59. The third kappa shape index (κ3) is 3.38. The Morgan fingerprint density at radius 3 is 2.48 bits per heavy atom. The topological polar surface area (TPSA) is 54.2 Å². The van der Waals surface area contributed by atoms with Gasteiger partial charge in [-0.3, -0.25) is 0 Å². The molecule has 0 radical (unpaired) electrons. The van der Waals surface area contributed by atoms with Crippen LogP contribution in [0.4, 0.5) is 5.82 Å². The molecular weight excluding hydrogens is 260 g/mol. The zero-order valence-corrected chi connectivity index (χ0v) is 13.7. The summed E-state index contributed by atoms with van der Waals surface area (Å²) in [4.78, 5) is 6.73. The molecule has 1 saturated carbocycles. The van der Waals surface area contributed by atoms with Crippen molar-refractivity contribution in [1.29, 1.82) is 0 Å². The van der Waals surface area contributed by atoms with Crippen molar-refractivity contribution >= 4 is 5.82 Å². The van der Waals surface area contributed by atoms with E-state index in [9.17, 15) is 0 Å². The van der Waals surface area contributed by atoms with Gasteiger partial charge in [-0.15, -0.1) is 0 Å². The van der Waals surface area contributed by atoms with Crippen molar-refractivity contribution in [3.63, 3.8) is 0 Å². The summed E-state index contributed by atoms with van der Waals surface area (Å²) >= 11 is 0. The minimum Gasteiger partial charge on any atom is -0.383 e. The Bertz CT molecular complexity index is 436.